The van der Waals surface area contributed by atoms with E-state index < -0.39 is 0 Å². The second-order valence-corrected chi connectivity index (χ2v) is 6.75. The van der Waals surface area contributed by atoms with Crippen LogP contribution >= 0.6 is 0 Å². The fourth-order valence-electron chi connectivity index (χ4n) is 3.94. The molecule has 5 heteroatoms. The quantitative estimate of drug-likeness (QED) is 0.849. The molecule has 1 aromatic carbocycles. The maximum atomic E-state index is 13.0. The summed E-state index contributed by atoms with van der Waals surface area (Å²) in [6.45, 7) is 1.67. The molecule has 1 aromatic heterocycles. The lowest BCUT2D eigenvalue weighted by Crippen LogP contribution is -2.39. The summed E-state index contributed by atoms with van der Waals surface area (Å²) in [6, 6.07) is 10.3. The predicted molar refractivity (Wildman–Crippen MR) is 90.8 cm³/mol. The maximum absolute atomic E-state index is 13.0. The first-order valence-corrected chi connectivity index (χ1v) is 8.68. The number of nitrogens with zero attached hydrogens (tertiary/aromatic N) is 3. The minimum absolute atomic E-state index is 0.111. The lowest BCUT2D eigenvalue weighted by atomic mass is 10.1. The number of rotatable bonds is 5. The molecule has 1 aliphatic carbocycles. The zero-order chi connectivity index (χ0) is 16.5. The van der Waals surface area contributed by atoms with Crippen molar-refractivity contribution in [1.29, 1.82) is 0 Å². The van der Waals surface area contributed by atoms with Crippen LogP contribution in [-0.4, -0.2) is 40.3 Å². The van der Waals surface area contributed by atoms with E-state index in [-0.39, 0.29) is 12.0 Å². The molecule has 1 aliphatic heterocycles. The number of carbonyl (C=O) groups is 1. The van der Waals surface area contributed by atoms with Crippen LogP contribution in [0.15, 0.2) is 42.7 Å². The second kappa shape index (κ2) is 6.30. The van der Waals surface area contributed by atoms with Gasteiger partial charge in [-0.25, -0.2) is 0 Å². The minimum Gasteiger partial charge on any atom is -0.496 e. The van der Waals surface area contributed by atoms with Crippen molar-refractivity contribution in [1.82, 2.24) is 14.7 Å². The molecule has 4 rings (SSSR count). The summed E-state index contributed by atoms with van der Waals surface area (Å²) in [6.07, 6.45) is 6.85. The van der Waals surface area contributed by atoms with Crippen molar-refractivity contribution in [3.63, 3.8) is 0 Å². The lowest BCUT2D eigenvalue weighted by molar-refractivity contribution is -0.133. The molecule has 2 fully saturated rings. The number of para-hydroxylation sites is 1. The number of benzene rings is 1. The lowest BCUT2D eigenvalue weighted by Gasteiger charge is -2.25. The van der Waals surface area contributed by atoms with Crippen molar-refractivity contribution < 1.29 is 9.53 Å². The van der Waals surface area contributed by atoms with Gasteiger partial charge in [0.2, 0.25) is 5.91 Å². The molecule has 0 spiro atoms. The van der Waals surface area contributed by atoms with Gasteiger partial charge >= 0.3 is 0 Å². The van der Waals surface area contributed by atoms with Gasteiger partial charge in [-0.2, -0.15) is 5.10 Å². The third-order valence-corrected chi connectivity index (χ3v) is 5.26. The van der Waals surface area contributed by atoms with E-state index in [2.05, 4.69) is 16.1 Å². The fourth-order valence-corrected chi connectivity index (χ4v) is 3.94. The number of aromatic nitrogens is 2. The van der Waals surface area contributed by atoms with Gasteiger partial charge in [-0.15, -0.1) is 0 Å². The molecule has 1 saturated carbocycles. The molecular weight excluding hydrogens is 302 g/mol. The third-order valence-electron chi connectivity index (χ3n) is 5.26. The van der Waals surface area contributed by atoms with Gasteiger partial charge in [0.15, 0.2) is 0 Å². The molecule has 24 heavy (non-hydrogen) atoms. The van der Waals surface area contributed by atoms with Crippen molar-refractivity contribution in [3.05, 3.63) is 48.3 Å². The molecule has 1 saturated heterocycles. The van der Waals surface area contributed by atoms with E-state index in [1.54, 1.807) is 13.3 Å². The largest absolute Gasteiger partial charge is 0.496 e. The van der Waals surface area contributed by atoms with Gasteiger partial charge in [0.25, 0.3) is 0 Å². The van der Waals surface area contributed by atoms with Crippen LogP contribution in [0.25, 0.3) is 0 Å². The number of methoxy groups -OCH3 is 1. The van der Waals surface area contributed by atoms with E-state index in [9.17, 15) is 4.79 Å². The van der Waals surface area contributed by atoms with Crippen LogP contribution in [0.2, 0.25) is 0 Å². The standard InChI is InChI=1S/C19H23N3O2/c1-24-18-8-3-2-7-15(18)16-12-17(16)19(23)22-11-4-6-14(22)13-21-10-5-9-20-21/h2-3,5,7-10,14,16-17H,4,6,11-13H2,1H3/t14-,16-,17+/m0/s1. The normalized spacial score (nSPS) is 25.7. The van der Waals surface area contributed by atoms with Crippen LogP contribution in [0.1, 0.15) is 30.7 Å². The van der Waals surface area contributed by atoms with Crippen molar-refractivity contribution >= 4 is 5.91 Å². The molecule has 3 atom stereocenters. The van der Waals surface area contributed by atoms with Crippen molar-refractivity contribution in [2.24, 2.45) is 5.92 Å². The molecule has 0 unspecified atom stereocenters. The Balaban J connectivity index is 1.44. The minimum atomic E-state index is 0.111. The highest BCUT2D eigenvalue weighted by Crippen LogP contribution is 2.51. The monoisotopic (exact) mass is 325 g/mol. The molecule has 0 radical (unpaired) electrons. The van der Waals surface area contributed by atoms with Gasteiger partial charge in [0, 0.05) is 24.9 Å². The summed E-state index contributed by atoms with van der Waals surface area (Å²) in [7, 11) is 1.69. The Hall–Kier alpha value is -2.30. The Morgan fingerprint density at radius 1 is 1.33 bits per heavy atom. The van der Waals surface area contributed by atoms with E-state index >= 15 is 0 Å². The Kier molecular flexibility index (Phi) is 4.00. The predicted octanol–water partition coefficient (Wildman–Crippen LogP) is 2.69. The molecule has 2 aromatic rings. The van der Waals surface area contributed by atoms with Gasteiger partial charge < -0.3 is 9.64 Å². The number of amides is 1. The van der Waals surface area contributed by atoms with Crippen LogP contribution in [0.4, 0.5) is 0 Å². The van der Waals surface area contributed by atoms with Crippen LogP contribution in [0.3, 0.4) is 0 Å². The van der Waals surface area contributed by atoms with E-state index in [0.29, 0.717) is 11.8 Å². The van der Waals surface area contributed by atoms with Crippen LogP contribution < -0.4 is 4.74 Å². The van der Waals surface area contributed by atoms with E-state index in [1.807, 2.05) is 35.1 Å². The first kappa shape index (κ1) is 15.2. The number of ether oxygens (including phenoxy) is 1. The highest BCUT2D eigenvalue weighted by Gasteiger charge is 2.48. The second-order valence-electron chi connectivity index (χ2n) is 6.75. The van der Waals surface area contributed by atoms with Crippen LogP contribution in [0.5, 0.6) is 5.75 Å². The topological polar surface area (TPSA) is 47.4 Å². The molecular formula is C19H23N3O2. The molecule has 1 amide bonds. The first-order chi connectivity index (χ1) is 11.8. The van der Waals surface area contributed by atoms with Crippen molar-refractivity contribution in [2.45, 2.75) is 37.8 Å². The molecule has 0 bridgehead atoms. The number of likely N-dealkylation sites (tertiary alicyclic amines) is 1. The summed E-state index contributed by atoms with van der Waals surface area (Å²) in [5.74, 6) is 1.62. The van der Waals surface area contributed by atoms with Gasteiger partial charge in [0.05, 0.1) is 19.7 Å². The van der Waals surface area contributed by atoms with Crippen molar-refractivity contribution in [2.75, 3.05) is 13.7 Å². The molecule has 126 valence electrons. The molecule has 5 nitrogen and oxygen atoms in total. The third kappa shape index (κ3) is 2.79. The average Bonchev–Trinajstić information content (AvgIpc) is 3.00. The zero-order valence-electron chi connectivity index (χ0n) is 14.0. The number of hydrogen-bond donors (Lipinski definition) is 0. The van der Waals surface area contributed by atoms with Crippen molar-refractivity contribution in [3.8, 4) is 5.75 Å². The highest BCUT2D eigenvalue weighted by molar-refractivity contribution is 5.83. The Morgan fingerprint density at radius 2 is 2.21 bits per heavy atom. The summed E-state index contributed by atoms with van der Waals surface area (Å²) < 4.78 is 7.39. The zero-order valence-corrected chi connectivity index (χ0v) is 14.0. The summed E-state index contributed by atoms with van der Waals surface area (Å²) in [5.41, 5.74) is 1.17. The van der Waals surface area contributed by atoms with Gasteiger partial charge in [0.1, 0.15) is 5.75 Å². The summed E-state index contributed by atoms with van der Waals surface area (Å²) in [5, 5.41) is 4.28. The first-order valence-electron chi connectivity index (χ1n) is 8.68. The average molecular weight is 325 g/mol. The van der Waals surface area contributed by atoms with E-state index in [0.717, 1.165) is 38.1 Å². The maximum Gasteiger partial charge on any atom is 0.226 e. The summed E-state index contributed by atoms with van der Waals surface area (Å²) >= 11 is 0. The Labute approximate surface area is 142 Å². The highest BCUT2D eigenvalue weighted by atomic mass is 16.5. The van der Waals surface area contributed by atoms with Gasteiger partial charge in [-0.3, -0.25) is 9.48 Å². The van der Waals surface area contributed by atoms with Crippen LogP contribution in [0, 0.1) is 5.92 Å². The van der Waals surface area contributed by atoms with E-state index in [4.69, 9.17) is 4.74 Å². The Morgan fingerprint density at radius 3 is 3.00 bits per heavy atom. The number of hydrogen-bond acceptors (Lipinski definition) is 3. The van der Waals surface area contributed by atoms with E-state index in [1.165, 1.54) is 5.56 Å². The number of carbonyl (C=O) groups excluding carboxylic acids is 1. The Bertz CT molecular complexity index is 713. The molecule has 0 N–H and O–H groups in total. The molecule has 2 aliphatic rings. The van der Waals surface area contributed by atoms with Gasteiger partial charge in [-0.1, -0.05) is 18.2 Å². The smallest absolute Gasteiger partial charge is 0.226 e. The summed E-state index contributed by atoms with van der Waals surface area (Å²) in [4.78, 5) is 15.1. The van der Waals surface area contributed by atoms with Gasteiger partial charge in [-0.05, 0) is 42.9 Å². The SMILES string of the molecule is COc1ccccc1[C@@H]1C[C@H]1C(=O)N1CCC[C@H]1Cn1cccn1. The fraction of sp³-hybridized carbons (Fsp3) is 0.474. The van der Waals surface area contributed by atoms with Crippen LogP contribution in [-0.2, 0) is 11.3 Å². The molecule has 2 heterocycles.